The third-order valence-electron chi connectivity index (χ3n) is 8.23. The molecule has 7 nitrogen and oxygen atoms in total. The Balaban J connectivity index is 1.25. The number of nitrogens with zero attached hydrogens (tertiary/aromatic N) is 3. The highest BCUT2D eigenvalue weighted by atomic mass is 16.3. The summed E-state index contributed by atoms with van der Waals surface area (Å²) in [7, 11) is 0. The molecule has 1 N–H and O–H groups in total. The highest BCUT2D eigenvalue weighted by molar-refractivity contribution is 6.16. The molecule has 4 aliphatic rings. The van der Waals surface area contributed by atoms with Crippen LogP contribution in [0.4, 0.5) is 5.69 Å². The Morgan fingerprint density at radius 3 is 2.59 bits per heavy atom. The number of rotatable bonds is 3. The maximum atomic E-state index is 13.5. The molecule has 1 saturated heterocycles. The summed E-state index contributed by atoms with van der Waals surface area (Å²) < 4.78 is 0. The second-order valence-electron chi connectivity index (χ2n) is 10.0. The van der Waals surface area contributed by atoms with Crippen LogP contribution >= 0.6 is 0 Å². The summed E-state index contributed by atoms with van der Waals surface area (Å²) in [6, 6.07) is 14.6. The maximum absolute atomic E-state index is 13.5. The molecule has 0 aromatic heterocycles. The average Bonchev–Trinajstić information content (AvgIpc) is 3.16. The van der Waals surface area contributed by atoms with E-state index < -0.39 is 11.8 Å². The molecule has 2 fully saturated rings. The lowest BCUT2D eigenvalue weighted by atomic mass is 9.71. The number of carbonyl (C=O) groups is 3. The van der Waals surface area contributed by atoms with Gasteiger partial charge in [-0.25, -0.2) is 0 Å². The van der Waals surface area contributed by atoms with Crippen molar-refractivity contribution in [1.29, 1.82) is 0 Å². The van der Waals surface area contributed by atoms with E-state index in [1.165, 1.54) is 0 Å². The van der Waals surface area contributed by atoms with Gasteiger partial charge in [0.1, 0.15) is 6.17 Å². The summed E-state index contributed by atoms with van der Waals surface area (Å²) in [6.45, 7) is 1.38. The van der Waals surface area contributed by atoms with E-state index in [2.05, 4.69) is 0 Å². The molecule has 2 aromatic carbocycles. The van der Waals surface area contributed by atoms with E-state index in [0.29, 0.717) is 36.3 Å². The van der Waals surface area contributed by atoms with Crippen molar-refractivity contribution < 1.29 is 19.5 Å². The number of amides is 3. The lowest BCUT2D eigenvalue weighted by Gasteiger charge is -2.47. The first-order valence-corrected chi connectivity index (χ1v) is 12.3. The standard InChI is InChI=1S/C27H29N3O4/c31-23(28-16-14-27(34)13-6-5-7-18(27)17-28)12-15-29-24-19-8-1-2-9-20(19)26(33)30(24)22-11-4-3-10-21(22)25(29)32/h1-4,8-11,18,24,34H,5-7,12-17H2/t18-,24-,27-/m1/s1. The van der Waals surface area contributed by atoms with Gasteiger partial charge < -0.3 is 14.9 Å². The molecule has 2 aromatic rings. The van der Waals surface area contributed by atoms with E-state index in [1.807, 2.05) is 35.2 Å². The average molecular weight is 460 g/mol. The van der Waals surface area contributed by atoms with Crippen LogP contribution in [0.2, 0.25) is 0 Å². The summed E-state index contributed by atoms with van der Waals surface area (Å²) in [5.41, 5.74) is 1.87. The van der Waals surface area contributed by atoms with Gasteiger partial charge in [-0.3, -0.25) is 19.3 Å². The number of fused-ring (bicyclic) bond motifs is 6. The molecule has 3 atom stereocenters. The Morgan fingerprint density at radius 2 is 1.74 bits per heavy atom. The molecule has 3 heterocycles. The van der Waals surface area contributed by atoms with E-state index >= 15 is 0 Å². The fraction of sp³-hybridized carbons (Fsp3) is 0.444. The number of carbonyl (C=O) groups excluding carboxylic acids is 3. The molecular weight excluding hydrogens is 430 g/mol. The second-order valence-corrected chi connectivity index (χ2v) is 10.0. The van der Waals surface area contributed by atoms with E-state index in [0.717, 1.165) is 31.2 Å². The highest BCUT2D eigenvalue weighted by Gasteiger charge is 2.48. The molecule has 1 aliphatic carbocycles. The summed E-state index contributed by atoms with van der Waals surface area (Å²) in [6.07, 6.45) is 4.21. The number of aliphatic hydroxyl groups is 1. The first-order chi connectivity index (χ1) is 16.5. The number of likely N-dealkylation sites (tertiary alicyclic amines) is 1. The summed E-state index contributed by atoms with van der Waals surface area (Å²) in [4.78, 5) is 45.2. The Morgan fingerprint density at radius 1 is 0.971 bits per heavy atom. The zero-order valence-corrected chi connectivity index (χ0v) is 19.2. The molecule has 0 bridgehead atoms. The van der Waals surface area contributed by atoms with Crippen LogP contribution in [0.25, 0.3) is 0 Å². The lowest BCUT2D eigenvalue weighted by Crippen LogP contribution is -2.55. The van der Waals surface area contributed by atoms with Gasteiger partial charge >= 0.3 is 0 Å². The molecule has 3 aliphatic heterocycles. The van der Waals surface area contributed by atoms with Crippen molar-refractivity contribution in [2.45, 2.75) is 50.3 Å². The number of para-hydroxylation sites is 1. The maximum Gasteiger partial charge on any atom is 0.260 e. The highest BCUT2D eigenvalue weighted by Crippen LogP contribution is 2.45. The third kappa shape index (κ3) is 3.17. The van der Waals surface area contributed by atoms with Gasteiger partial charge in [0.05, 0.1) is 16.9 Å². The van der Waals surface area contributed by atoms with Gasteiger partial charge in [-0.2, -0.15) is 0 Å². The predicted molar refractivity (Wildman–Crippen MR) is 126 cm³/mol. The molecular formula is C27H29N3O4. The van der Waals surface area contributed by atoms with Gasteiger partial charge in [0, 0.05) is 43.1 Å². The van der Waals surface area contributed by atoms with Crippen LogP contribution in [0.5, 0.6) is 0 Å². The molecule has 3 amide bonds. The zero-order chi connectivity index (χ0) is 23.4. The third-order valence-corrected chi connectivity index (χ3v) is 8.23. The SMILES string of the molecule is O=C(CCN1C(=O)c2ccccc2N2C(=O)c3ccccc3[C@H]12)N1CC[C@]2(O)CCCC[C@@H]2C1. The Kier molecular flexibility index (Phi) is 4.99. The van der Waals surface area contributed by atoms with Crippen LogP contribution in [-0.2, 0) is 4.79 Å². The minimum atomic E-state index is -0.629. The number of piperidine rings is 1. The van der Waals surface area contributed by atoms with Crippen LogP contribution < -0.4 is 4.90 Å². The lowest BCUT2D eigenvalue weighted by molar-refractivity contribution is -0.143. The molecule has 7 heteroatoms. The van der Waals surface area contributed by atoms with E-state index in [-0.39, 0.29) is 36.6 Å². The van der Waals surface area contributed by atoms with Gasteiger partial charge in [-0.15, -0.1) is 0 Å². The summed E-state index contributed by atoms with van der Waals surface area (Å²) >= 11 is 0. The monoisotopic (exact) mass is 459 g/mol. The zero-order valence-electron chi connectivity index (χ0n) is 19.2. The molecule has 0 radical (unpaired) electrons. The van der Waals surface area contributed by atoms with Crippen molar-refractivity contribution in [3.8, 4) is 0 Å². The van der Waals surface area contributed by atoms with Gasteiger partial charge in [0.2, 0.25) is 5.91 Å². The largest absolute Gasteiger partial charge is 0.389 e. The number of benzene rings is 2. The van der Waals surface area contributed by atoms with Gasteiger partial charge in [-0.05, 0) is 37.5 Å². The molecule has 6 rings (SSSR count). The fourth-order valence-corrected chi connectivity index (χ4v) is 6.37. The van der Waals surface area contributed by atoms with Crippen LogP contribution in [0, 0.1) is 5.92 Å². The van der Waals surface area contributed by atoms with Gasteiger partial charge in [0.25, 0.3) is 11.8 Å². The summed E-state index contributed by atoms with van der Waals surface area (Å²) in [5, 5.41) is 10.9. The Labute approximate surface area is 198 Å². The first-order valence-electron chi connectivity index (χ1n) is 12.3. The quantitative estimate of drug-likeness (QED) is 0.763. The number of hydrogen-bond acceptors (Lipinski definition) is 4. The van der Waals surface area contributed by atoms with E-state index in [4.69, 9.17) is 0 Å². The molecule has 0 spiro atoms. The minimum absolute atomic E-state index is 0.00319. The van der Waals surface area contributed by atoms with Crippen molar-refractivity contribution in [3.05, 3.63) is 65.2 Å². The second kappa shape index (κ2) is 7.94. The van der Waals surface area contributed by atoms with Gasteiger partial charge in [-0.1, -0.05) is 43.2 Å². The van der Waals surface area contributed by atoms with Crippen molar-refractivity contribution >= 4 is 23.4 Å². The normalized spacial score (nSPS) is 27.7. The van der Waals surface area contributed by atoms with Crippen LogP contribution in [-0.4, -0.2) is 57.9 Å². The van der Waals surface area contributed by atoms with Crippen molar-refractivity contribution in [2.24, 2.45) is 5.92 Å². The number of hydrogen-bond donors (Lipinski definition) is 1. The Hall–Kier alpha value is -3.19. The predicted octanol–water partition coefficient (Wildman–Crippen LogP) is 3.35. The molecule has 0 unspecified atom stereocenters. The van der Waals surface area contributed by atoms with Crippen molar-refractivity contribution in [3.63, 3.8) is 0 Å². The Bertz CT molecular complexity index is 1180. The fourth-order valence-electron chi connectivity index (χ4n) is 6.37. The topological polar surface area (TPSA) is 81.2 Å². The van der Waals surface area contributed by atoms with Crippen LogP contribution in [0.1, 0.15) is 71.0 Å². The van der Waals surface area contributed by atoms with Crippen molar-refractivity contribution in [2.75, 3.05) is 24.5 Å². The first kappa shape index (κ1) is 21.4. The number of anilines is 1. The van der Waals surface area contributed by atoms with Crippen LogP contribution in [0.3, 0.4) is 0 Å². The molecule has 34 heavy (non-hydrogen) atoms. The van der Waals surface area contributed by atoms with Crippen LogP contribution in [0.15, 0.2) is 48.5 Å². The smallest absolute Gasteiger partial charge is 0.260 e. The molecule has 1 saturated carbocycles. The van der Waals surface area contributed by atoms with Crippen molar-refractivity contribution in [1.82, 2.24) is 9.80 Å². The van der Waals surface area contributed by atoms with E-state index in [1.54, 1.807) is 28.0 Å². The summed E-state index contributed by atoms with van der Waals surface area (Å²) in [5.74, 6) is -0.139. The van der Waals surface area contributed by atoms with Gasteiger partial charge in [0.15, 0.2) is 0 Å². The molecule has 176 valence electrons. The minimum Gasteiger partial charge on any atom is -0.389 e. The van der Waals surface area contributed by atoms with E-state index in [9.17, 15) is 19.5 Å².